The van der Waals surface area contributed by atoms with Crippen molar-refractivity contribution in [2.45, 2.75) is 25.7 Å². The smallest absolute Gasteiger partial charge is 0.265 e. The third-order valence-corrected chi connectivity index (χ3v) is 5.23. The number of benzene rings is 2. The second-order valence-electron chi connectivity index (χ2n) is 7.11. The maximum Gasteiger partial charge on any atom is 0.265 e. The first-order chi connectivity index (χ1) is 13.7. The number of hydrogen-bond acceptors (Lipinski definition) is 4. The van der Waals surface area contributed by atoms with E-state index in [1.165, 1.54) is 24.0 Å². The molecule has 0 fully saturated rings. The maximum atomic E-state index is 12.6. The van der Waals surface area contributed by atoms with Crippen LogP contribution in [0.3, 0.4) is 0 Å². The number of carbonyl (C=O) groups is 2. The molecule has 4 rings (SSSR count). The van der Waals surface area contributed by atoms with Crippen molar-refractivity contribution >= 4 is 17.4 Å². The molecule has 0 radical (unpaired) electrons. The van der Waals surface area contributed by atoms with Gasteiger partial charge in [-0.2, -0.15) is 0 Å². The number of anilines is 1. The van der Waals surface area contributed by atoms with E-state index in [2.05, 4.69) is 12.6 Å². The minimum absolute atomic E-state index is 0.00439. The Balaban J connectivity index is 1.48. The molecule has 1 aliphatic heterocycles. The fourth-order valence-electron chi connectivity index (χ4n) is 3.74. The van der Waals surface area contributed by atoms with Crippen LogP contribution >= 0.6 is 0 Å². The van der Waals surface area contributed by atoms with E-state index in [0.717, 1.165) is 18.6 Å². The van der Waals surface area contributed by atoms with Gasteiger partial charge in [-0.25, -0.2) is 0 Å². The fourth-order valence-corrected chi connectivity index (χ4v) is 3.74. The van der Waals surface area contributed by atoms with Gasteiger partial charge in [-0.05, 0) is 67.1 Å². The molecule has 0 aromatic heterocycles. The first-order valence-corrected chi connectivity index (χ1v) is 9.61. The highest BCUT2D eigenvalue weighted by Gasteiger charge is 2.25. The molecule has 1 heterocycles. The lowest BCUT2D eigenvalue weighted by atomic mass is 9.92. The Bertz CT molecular complexity index is 934. The highest BCUT2D eigenvalue weighted by Crippen LogP contribution is 2.33. The van der Waals surface area contributed by atoms with Crippen molar-refractivity contribution < 1.29 is 19.1 Å². The molecular formula is C23H23NO4. The average molecular weight is 377 g/mol. The summed E-state index contributed by atoms with van der Waals surface area (Å²) < 4.78 is 11.2. The van der Waals surface area contributed by atoms with Gasteiger partial charge < -0.3 is 14.4 Å². The van der Waals surface area contributed by atoms with Crippen LogP contribution in [0.5, 0.6) is 11.5 Å². The van der Waals surface area contributed by atoms with Gasteiger partial charge in [0.2, 0.25) is 0 Å². The Morgan fingerprint density at radius 3 is 2.79 bits per heavy atom. The molecule has 0 unspecified atom stereocenters. The number of Topliss-reactive ketones (excluding diaryl/α,β-unsaturated/α-hetero) is 1. The highest BCUT2D eigenvalue weighted by molar-refractivity contribution is 6.02. The number of ether oxygens (including phenoxy) is 2. The van der Waals surface area contributed by atoms with E-state index in [0.29, 0.717) is 23.5 Å². The summed E-state index contributed by atoms with van der Waals surface area (Å²) >= 11 is 0. The van der Waals surface area contributed by atoms with Crippen molar-refractivity contribution in [3.05, 3.63) is 65.7 Å². The molecule has 1 aliphatic carbocycles. The van der Waals surface area contributed by atoms with Gasteiger partial charge in [0, 0.05) is 12.1 Å². The van der Waals surface area contributed by atoms with Crippen molar-refractivity contribution in [3.63, 3.8) is 0 Å². The van der Waals surface area contributed by atoms with Gasteiger partial charge in [0.05, 0.1) is 5.69 Å². The lowest BCUT2D eigenvalue weighted by Crippen LogP contribution is -2.39. The van der Waals surface area contributed by atoms with Gasteiger partial charge in [-0.15, -0.1) is 6.58 Å². The number of nitrogens with zero attached hydrogens (tertiary/aromatic N) is 1. The Labute approximate surface area is 164 Å². The summed E-state index contributed by atoms with van der Waals surface area (Å²) in [7, 11) is 0. The average Bonchev–Trinajstić information content (AvgIpc) is 2.73. The van der Waals surface area contributed by atoms with Crippen molar-refractivity contribution in [1.29, 1.82) is 0 Å². The molecule has 0 atom stereocenters. The molecule has 0 saturated carbocycles. The standard InChI is InChI=1S/C23H23NO4/c1-2-11-24-20-13-18(8-10-22(20)28-15-23(24)26)21(25)14-27-19-9-7-16-5-3-4-6-17(16)12-19/h2,7-10,12-13H,1,3-6,11,14-15H2. The molecule has 2 aliphatic rings. The molecule has 144 valence electrons. The van der Waals surface area contributed by atoms with Crippen LogP contribution < -0.4 is 14.4 Å². The molecule has 0 N–H and O–H groups in total. The number of rotatable bonds is 6. The van der Waals surface area contributed by atoms with Crippen LogP contribution in [0, 0.1) is 0 Å². The van der Waals surface area contributed by atoms with E-state index in [-0.39, 0.29) is 24.9 Å². The van der Waals surface area contributed by atoms with Crippen LogP contribution in [0.1, 0.15) is 34.3 Å². The van der Waals surface area contributed by atoms with Crippen LogP contribution in [0.25, 0.3) is 0 Å². The second-order valence-corrected chi connectivity index (χ2v) is 7.11. The first kappa shape index (κ1) is 18.3. The first-order valence-electron chi connectivity index (χ1n) is 9.61. The maximum absolute atomic E-state index is 12.6. The number of carbonyl (C=O) groups excluding carboxylic acids is 2. The zero-order valence-corrected chi connectivity index (χ0v) is 15.8. The molecule has 0 saturated heterocycles. The molecule has 0 spiro atoms. The summed E-state index contributed by atoms with van der Waals surface area (Å²) in [5, 5.41) is 0. The molecule has 28 heavy (non-hydrogen) atoms. The molecule has 5 heteroatoms. The summed E-state index contributed by atoms with van der Waals surface area (Å²) in [5.74, 6) is 1.02. The minimum Gasteiger partial charge on any atom is -0.485 e. The second kappa shape index (κ2) is 7.89. The third kappa shape index (κ3) is 3.65. The molecule has 2 aromatic carbocycles. The van der Waals surface area contributed by atoms with Crippen molar-refractivity contribution in [2.24, 2.45) is 0 Å². The number of fused-ring (bicyclic) bond motifs is 2. The monoisotopic (exact) mass is 377 g/mol. The summed E-state index contributed by atoms with van der Waals surface area (Å²) in [6.45, 7) is 4.01. The molecule has 1 amide bonds. The summed E-state index contributed by atoms with van der Waals surface area (Å²) in [6, 6.07) is 11.2. The Morgan fingerprint density at radius 2 is 1.96 bits per heavy atom. The van der Waals surface area contributed by atoms with Gasteiger partial charge in [0.1, 0.15) is 11.5 Å². The van der Waals surface area contributed by atoms with Crippen LogP contribution in [0.4, 0.5) is 5.69 Å². The lowest BCUT2D eigenvalue weighted by molar-refractivity contribution is -0.121. The predicted molar refractivity (Wildman–Crippen MR) is 107 cm³/mol. The van der Waals surface area contributed by atoms with E-state index in [1.807, 2.05) is 12.1 Å². The minimum atomic E-state index is -0.151. The summed E-state index contributed by atoms with van der Waals surface area (Å²) in [4.78, 5) is 26.3. The lowest BCUT2D eigenvalue weighted by Gasteiger charge is -2.28. The van der Waals surface area contributed by atoms with Crippen molar-refractivity contribution in [3.8, 4) is 11.5 Å². The zero-order chi connectivity index (χ0) is 19.5. The van der Waals surface area contributed by atoms with Crippen molar-refractivity contribution in [1.82, 2.24) is 0 Å². The van der Waals surface area contributed by atoms with E-state index < -0.39 is 0 Å². The van der Waals surface area contributed by atoms with Crippen LogP contribution in [0.2, 0.25) is 0 Å². The topological polar surface area (TPSA) is 55.8 Å². The van der Waals surface area contributed by atoms with Crippen LogP contribution in [0.15, 0.2) is 49.1 Å². The van der Waals surface area contributed by atoms with Crippen LogP contribution in [-0.4, -0.2) is 31.4 Å². The quantitative estimate of drug-likeness (QED) is 0.568. The number of amides is 1. The van der Waals surface area contributed by atoms with E-state index in [4.69, 9.17) is 9.47 Å². The zero-order valence-electron chi connectivity index (χ0n) is 15.8. The predicted octanol–water partition coefficient (Wildman–Crippen LogP) is 3.74. The Kier molecular flexibility index (Phi) is 5.15. The van der Waals surface area contributed by atoms with E-state index >= 15 is 0 Å². The van der Waals surface area contributed by atoms with Gasteiger partial charge >= 0.3 is 0 Å². The van der Waals surface area contributed by atoms with E-state index in [1.54, 1.807) is 29.2 Å². The SMILES string of the molecule is C=CCN1C(=O)COc2ccc(C(=O)COc3ccc4c(c3)CCCC4)cc21. The van der Waals surface area contributed by atoms with Gasteiger partial charge in [0.15, 0.2) is 19.0 Å². The highest BCUT2D eigenvalue weighted by atomic mass is 16.5. The summed E-state index contributed by atoms with van der Waals surface area (Å²) in [6.07, 6.45) is 6.27. The van der Waals surface area contributed by atoms with Gasteiger partial charge in [-0.3, -0.25) is 9.59 Å². The number of hydrogen-bond donors (Lipinski definition) is 0. The van der Waals surface area contributed by atoms with Crippen molar-refractivity contribution in [2.75, 3.05) is 24.7 Å². The largest absolute Gasteiger partial charge is 0.485 e. The molecule has 2 aromatic rings. The van der Waals surface area contributed by atoms with E-state index in [9.17, 15) is 9.59 Å². The van der Waals surface area contributed by atoms with Gasteiger partial charge in [-0.1, -0.05) is 12.1 Å². The normalized spacial score (nSPS) is 15.3. The molecule has 0 bridgehead atoms. The van der Waals surface area contributed by atoms with Crippen LogP contribution in [-0.2, 0) is 17.6 Å². The Morgan fingerprint density at radius 1 is 1.14 bits per heavy atom. The third-order valence-electron chi connectivity index (χ3n) is 5.23. The number of ketones is 1. The molecular weight excluding hydrogens is 354 g/mol. The van der Waals surface area contributed by atoms with Gasteiger partial charge in [0.25, 0.3) is 5.91 Å². The number of aryl methyl sites for hydroxylation is 2. The summed E-state index contributed by atoms with van der Waals surface area (Å²) in [5.41, 5.74) is 3.78. The molecule has 5 nitrogen and oxygen atoms in total. The fraction of sp³-hybridized carbons (Fsp3) is 0.304. The Hall–Kier alpha value is -3.08.